The summed E-state index contributed by atoms with van der Waals surface area (Å²) in [5.41, 5.74) is 0.741. The Balaban J connectivity index is 2.94. The number of amides is 1. The van der Waals surface area contributed by atoms with E-state index in [9.17, 15) is 14.7 Å². The highest BCUT2D eigenvalue weighted by atomic mass is 16.4. The molecule has 0 aliphatic rings. The maximum Gasteiger partial charge on any atom is 0.307 e. The summed E-state index contributed by atoms with van der Waals surface area (Å²) in [5.74, 6) is -1.37. The molecule has 0 heterocycles. The van der Waals surface area contributed by atoms with Gasteiger partial charge in [-0.1, -0.05) is 6.07 Å². The molecule has 0 spiro atoms. The molecule has 0 fully saturated rings. The van der Waals surface area contributed by atoms with E-state index in [2.05, 4.69) is 5.32 Å². The minimum Gasteiger partial charge on any atom is -0.506 e. The zero-order valence-electron chi connectivity index (χ0n) is 8.15. The van der Waals surface area contributed by atoms with Crippen LogP contribution in [0.5, 0.6) is 5.75 Å². The summed E-state index contributed by atoms with van der Waals surface area (Å²) >= 11 is 0. The normalized spacial score (nSPS) is 9.67. The van der Waals surface area contributed by atoms with E-state index >= 15 is 0 Å². The summed E-state index contributed by atoms with van der Waals surface area (Å²) in [5, 5.41) is 20.3. The molecule has 0 aromatic heterocycles. The van der Waals surface area contributed by atoms with Crippen molar-refractivity contribution in [2.24, 2.45) is 0 Å². The number of rotatable bonds is 3. The van der Waals surface area contributed by atoms with E-state index in [-0.39, 0.29) is 23.8 Å². The first-order chi connectivity index (χ1) is 6.99. The lowest BCUT2D eigenvalue weighted by Crippen LogP contribution is -2.07. The smallest absolute Gasteiger partial charge is 0.307 e. The van der Waals surface area contributed by atoms with E-state index in [4.69, 9.17) is 5.11 Å². The Hall–Kier alpha value is -2.04. The van der Waals surface area contributed by atoms with Gasteiger partial charge in [0.05, 0.1) is 12.1 Å². The molecule has 0 aliphatic heterocycles. The number of hydrogen-bond donors (Lipinski definition) is 3. The molecule has 0 aliphatic carbocycles. The molecule has 0 bridgehead atoms. The van der Waals surface area contributed by atoms with Gasteiger partial charge in [0, 0.05) is 6.92 Å². The number of hydrogen-bond acceptors (Lipinski definition) is 3. The van der Waals surface area contributed by atoms with Gasteiger partial charge in [0.1, 0.15) is 5.75 Å². The zero-order valence-corrected chi connectivity index (χ0v) is 8.15. The van der Waals surface area contributed by atoms with Crippen molar-refractivity contribution in [2.45, 2.75) is 13.3 Å². The minimum atomic E-state index is -0.963. The first-order valence-corrected chi connectivity index (χ1v) is 4.30. The number of anilines is 1. The van der Waals surface area contributed by atoms with Gasteiger partial charge in [-0.15, -0.1) is 0 Å². The lowest BCUT2D eigenvalue weighted by atomic mass is 10.1. The first-order valence-electron chi connectivity index (χ1n) is 4.30. The Morgan fingerprint density at radius 1 is 1.40 bits per heavy atom. The third kappa shape index (κ3) is 3.30. The molecule has 15 heavy (non-hydrogen) atoms. The van der Waals surface area contributed by atoms with E-state index in [1.165, 1.54) is 25.1 Å². The topological polar surface area (TPSA) is 86.6 Å². The summed E-state index contributed by atoms with van der Waals surface area (Å²) < 4.78 is 0. The zero-order chi connectivity index (χ0) is 11.4. The number of phenolic OH excluding ortho intramolecular Hbond substituents is 1. The maximum absolute atomic E-state index is 10.8. The molecule has 1 aromatic carbocycles. The molecule has 80 valence electrons. The lowest BCUT2D eigenvalue weighted by molar-refractivity contribution is -0.136. The van der Waals surface area contributed by atoms with Crippen LogP contribution in [0.4, 0.5) is 5.69 Å². The van der Waals surface area contributed by atoms with Gasteiger partial charge in [-0.3, -0.25) is 9.59 Å². The summed E-state index contributed by atoms with van der Waals surface area (Å²) in [7, 11) is 0. The highest BCUT2D eigenvalue weighted by Gasteiger charge is 2.06. The van der Waals surface area contributed by atoms with Gasteiger partial charge in [0.25, 0.3) is 0 Å². The molecule has 0 atom stereocenters. The third-order valence-electron chi connectivity index (χ3n) is 1.73. The second-order valence-electron chi connectivity index (χ2n) is 3.10. The van der Waals surface area contributed by atoms with Crippen LogP contribution < -0.4 is 5.32 Å². The number of carboxylic acids is 1. The minimum absolute atomic E-state index is 0.0839. The highest BCUT2D eigenvalue weighted by molar-refractivity contribution is 5.90. The Kier molecular flexibility index (Phi) is 3.28. The van der Waals surface area contributed by atoms with Crippen molar-refractivity contribution in [3.8, 4) is 5.75 Å². The van der Waals surface area contributed by atoms with Crippen molar-refractivity contribution in [3.05, 3.63) is 23.8 Å². The van der Waals surface area contributed by atoms with Crippen molar-refractivity contribution < 1.29 is 19.8 Å². The Morgan fingerprint density at radius 3 is 2.60 bits per heavy atom. The van der Waals surface area contributed by atoms with Crippen LogP contribution in [0, 0.1) is 0 Å². The summed E-state index contributed by atoms with van der Waals surface area (Å²) in [6.45, 7) is 1.31. The molecule has 1 aromatic rings. The molecule has 5 nitrogen and oxygen atoms in total. The van der Waals surface area contributed by atoms with E-state index in [0.29, 0.717) is 5.56 Å². The van der Waals surface area contributed by atoms with Gasteiger partial charge >= 0.3 is 5.97 Å². The summed E-state index contributed by atoms with van der Waals surface area (Å²) in [6.07, 6.45) is -0.146. The van der Waals surface area contributed by atoms with Crippen LogP contribution >= 0.6 is 0 Å². The van der Waals surface area contributed by atoms with Crippen molar-refractivity contribution in [2.75, 3.05) is 5.32 Å². The average molecular weight is 209 g/mol. The number of aliphatic carboxylic acids is 1. The van der Waals surface area contributed by atoms with Gasteiger partial charge in [-0.2, -0.15) is 0 Å². The molecule has 5 heteroatoms. The van der Waals surface area contributed by atoms with Crippen LogP contribution in [-0.4, -0.2) is 22.1 Å². The molecule has 3 N–H and O–H groups in total. The largest absolute Gasteiger partial charge is 0.506 e. The SMILES string of the molecule is CC(=O)Nc1cc(CC(=O)O)ccc1O. The van der Waals surface area contributed by atoms with Crippen LogP contribution in [0.25, 0.3) is 0 Å². The highest BCUT2D eigenvalue weighted by Crippen LogP contribution is 2.24. The van der Waals surface area contributed by atoms with E-state index in [1.807, 2.05) is 0 Å². The molecule has 1 amide bonds. The van der Waals surface area contributed by atoms with Gasteiger partial charge in [-0.05, 0) is 17.7 Å². The van der Waals surface area contributed by atoms with Crippen LogP contribution in [0.15, 0.2) is 18.2 Å². The summed E-state index contributed by atoms with van der Waals surface area (Å²) in [4.78, 5) is 21.2. The van der Waals surface area contributed by atoms with Gasteiger partial charge in [0.15, 0.2) is 0 Å². The van der Waals surface area contributed by atoms with Gasteiger partial charge in [-0.25, -0.2) is 0 Å². The van der Waals surface area contributed by atoms with Gasteiger partial charge < -0.3 is 15.5 Å². The average Bonchev–Trinajstić information content (AvgIpc) is 2.09. The Morgan fingerprint density at radius 2 is 2.07 bits per heavy atom. The lowest BCUT2D eigenvalue weighted by Gasteiger charge is -2.06. The van der Waals surface area contributed by atoms with E-state index < -0.39 is 5.97 Å². The van der Waals surface area contributed by atoms with Crippen molar-refractivity contribution in [1.29, 1.82) is 0 Å². The molecule has 1 rings (SSSR count). The number of carboxylic acid groups (broad SMARTS) is 1. The fourth-order valence-electron chi connectivity index (χ4n) is 1.16. The molecule has 0 saturated carbocycles. The van der Waals surface area contributed by atoms with E-state index in [1.54, 1.807) is 0 Å². The Bertz CT molecular complexity index is 400. The second kappa shape index (κ2) is 4.45. The predicted octanol–water partition coefficient (Wildman–Crippen LogP) is 0.978. The molecule has 0 radical (unpaired) electrons. The van der Waals surface area contributed by atoms with Crippen LogP contribution in [-0.2, 0) is 16.0 Å². The number of carbonyl (C=O) groups is 2. The quantitative estimate of drug-likeness (QED) is 0.647. The van der Waals surface area contributed by atoms with Crippen molar-refractivity contribution >= 4 is 17.6 Å². The Labute approximate surface area is 86.4 Å². The van der Waals surface area contributed by atoms with Crippen molar-refractivity contribution in [3.63, 3.8) is 0 Å². The predicted molar refractivity (Wildman–Crippen MR) is 53.8 cm³/mol. The second-order valence-corrected chi connectivity index (χ2v) is 3.10. The van der Waals surface area contributed by atoms with E-state index in [0.717, 1.165) is 0 Å². The van der Waals surface area contributed by atoms with Gasteiger partial charge in [0.2, 0.25) is 5.91 Å². The first kappa shape index (κ1) is 11.0. The van der Waals surface area contributed by atoms with Crippen molar-refractivity contribution in [1.82, 2.24) is 0 Å². The number of carbonyl (C=O) groups excluding carboxylic acids is 1. The third-order valence-corrected chi connectivity index (χ3v) is 1.73. The number of nitrogens with one attached hydrogen (secondary N) is 1. The molecular weight excluding hydrogens is 198 g/mol. The fourth-order valence-corrected chi connectivity index (χ4v) is 1.16. The molecular formula is C10H11NO4. The van der Waals surface area contributed by atoms with Crippen LogP contribution in [0.3, 0.4) is 0 Å². The maximum atomic E-state index is 10.8. The molecule has 0 unspecified atom stereocenters. The number of aromatic hydroxyl groups is 1. The monoisotopic (exact) mass is 209 g/mol. The van der Waals surface area contributed by atoms with Crippen LogP contribution in [0.1, 0.15) is 12.5 Å². The summed E-state index contributed by atoms with van der Waals surface area (Å²) in [6, 6.07) is 4.28. The number of phenols is 1. The standard InChI is InChI=1S/C10H11NO4/c1-6(12)11-8-4-7(5-10(14)15)2-3-9(8)13/h2-4,13H,5H2,1H3,(H,11,12)(H,14,15). The fraction of sp³-hybridized carbons (Fsp3) is 0.200. The number of benzene rings is 1. The molecule has 0 saturated heterocycles. The van der Waals surface area contributed by atoms with Crippen LogP contribution in [0.2, 0.25) is 0 Å².